The number of nitrogens with zero attached hydrogens (tertiary/aromatic N) is 1. The van der Waals surface area contributed by atoms with Crippen molar-refractivity contribution in [3.05, 3.63) is 64.4 Å². The minimum atomic E-state index is -3.85. The summed E-state index contributed by atoms with van der Waals surface area (Å²) in [6.45, 7) is 0.0391. The third-order valence-electron chi connectivity index (χ3n) is 4.10. The van der Waals surface area contributed by atoms with Gasteiger partial charge in [0, 0.05) is 11.6 Å². The van der Waals surface area contributed by atoms with Gasteiger partial charge >= 0.3 is 5.97 Å². The second-order valence-corrected chi connectivity index (χ2v) is 7.95. The van der Waals surface area contributed by atoms with Crippen LogP contribution in [0.1, 0.15) is 23.6 Å². The molecule has 3 rings (SSSR count). The first kappa shape index (κ1) is 17.8. The topological polar surface area (TPSA) is 63.7 Å². The zero-order valence-corrected chi connectivity index (χ0v) is 14.8. The summed E-state index contributed by atoms with van der Waals surface area (Å²) in [5, 5.41) is 0.532. The fourth-order valence-electron chi connectivity index (χ4n) is 2.88. The third kappa shape index (κ3) is 3.40. The number of sulfonamides is 1. The van der Waals surface area contributed by atoms with Crippen LogP contribution < -0.4 is 0 Å². The van der Waals surface area contributed by atoms with Crippen molar-refractivity contribution >= 4 is 27.6 Å². The molecule has 2 aromatic rings. The van der Waals surface area contributed by atoms with Gasteiger partial charge in [-0.2, -0.15) is 4.31 Å². The number of ether oxygens (including phenoxy) is 1. The molecule has 25 heavy (non-hydrogen) atoms. The van der Waals surface area contributed by atoms with Crippen molar-refractivity contribution < 1.29 is 22.3 Å². The molecule has 0 bridgehead atoms. The largest absolute Gasteiger partial charge is 0.469 e. The van der Waals surface area contributed by atoms with E-state index in [2.05, 4.69) is 4.74 Å². The summed E-state index contributed by atoms with van der Waals surface area (Å²) in [5.74, 6) is -1.13. The molecule has 0 aromatic heterocycles. The SMILES string of the molecule is COC(=O)C[C@H]1c2cc(F)ccc2S(=O)(=O)N1Cc1ccc(Cl)cc1. The number of fused-ring (bicyclic) bond motifs is 1. The number of carbonyl (C=O) groups is 1. The summed E-state index contributed by atoms with van der Waals surface area (Å²) < 4.78 is 45.3. The molecule has 1 aliphatic heterocycles. The zero-order valence-electron chi connectivity index (χ0n) is 13.3. The number of esters is 1. The molecule has 0 spiro atoms. The molecule has 2 aromatic carbocycles. The molecule has 1 atom stereocenters. The zero-order chi connectivity index (χ0) is 18.2. The Kier molecular flexibility index (Phi) is 4.81. The van der Waals surface area contributed by atoms with Gasteiger partial charge in [0.15, 0.2) is 0 Å². The van der Waals surface area contributed by atoms with Gasteiger partial charge in [-0.3, -0.25) is 4.79 Å². The first-order chi connectivity index (χ1) is 11.8. The van der Waals surface area contributed by atoms with Crippen LogP contribution in [0.2, 0.25) is 5.02 Å². The van der Waals surface area contributed by atoms with Crippen LogP contribution in [0, 0.1) is 5.82 Å². The maximum Gasteiger partial charge on any atom is 0.307 e. The van der Waals surface area contributed by atoms with Gasteiger partial charge in [-0.1, -0.05) is 23.7 Å². The van der Waals surface area contributed by atoms with Crippen molar-refractivity contribution in [3.63, 3.8) is 0 Å². The summed E-state index contributed by atoms with van der Waals surface area (Å²) in [7, 11) is -2.62. The Morgan fingerprint density at radius 2 is 1.92 bits per heavy atom. The average Bonchev–Trinajstić information content (AvgIpc) is 2.77. The van der Waals surface area contributed by atoms with Crippen molar-refractivity contribution in [2.24, 2.45) is 0 Å². The van der Waals surface area contributed by atoms with E-state index in [1.165, 1.54) is 17.5 Å². The number of benzene rings is 2. The van der Waals surface area contributed by atoms with E-state index in [0.717, 1.165) is 12.1 Å². The van der Waals surface area contributed by atoms with Crippen LogP contribution >= 0.6 is 11.6 Å². The van der Waals surface area contributed by atoms with E-state index in [1.54, 1.807) is 24.3 Å². The Morgan fingerprint density at radius 1 is 1.24 bits per heavy atom. The van der Waals surface area contributed by atoms with Crippen LogP contribution in [0.5, 0.6) is 0 Å². The quantitative estimate of drug-likeness (QED) is 0.760. The van der Waals surface area contributed by atoms with Crippen LogP contribution in [-0.2, 0) is 26.1 Å². The molecule has 5 nitrogen and oxygen atoms in total. The van der Waals surface area contributed by atoms with Crippen molar-refractivity contribution in [3.8, 4) is 0 Å². The summed E-state index contributed by atoms with van der Waals surface area (Å²) in [6, 6.07) is 9.38. The lowest BCUT2D eigenvalue weighted by Crippen LogP contribution is -2.29. The van der Waals surface area contributed by atoms with E-state index in [0.29, 0.717) is 10.6 Å². The highest BCUT2D eigenvalue weighted by molar-refractivity contribution is 7.89. The van der Waals surface area contributed by atoms with Crippen LogP contribution in [0.25, 0.3) is 0 Å². The highest BCUT2D eigenvalue weighted by Gasteiger charge is 2.43. The molecule has 0 saturated carbocycles. The third-order valence-corrected chi connectivity index (χ3v) is 6.29. The van der Waals surface area contributed by atoms with E-state index < -0.39 is 27.9 Å². The standard InChI is InChI=1S/C17H15ClFNO4S/c1-24-17(21)9-15-14-8-13(19)6-7-16(14)25(22,23)20(15)10-11-2-4-12(18)5-3-11/h2-8,15H,9-10H2,1H3/t15-/m0/s1. The molecule has 0 saturated heterocycles. The predicted molar refractivity (Wildman–Crippen MR) is 90.0 cm³/mol. The van der Waals surface area contributed by atoms with Crippen molar-refractivity contribution in [1.29, 1.82) is 0 Å². The summed E-state index contributed by atoms with van der Waals surface area (Å²) in [6.07, 6.45) is -0.195. The molecule has 0 aliphatic carbocycles. The maximum absolute atomic E-state index is 13.7. The molecule has 8 heteroatoms. The van der Waals surface area contributed by atoms with Crippen LogP contribution in [-0.4, -0.2) is 25.8 Å². The first-order valence-corrected chi connectivity index (χ1v) is 9.27. The fraction of sp³-hybridized carbons (Fsp3) is 0.235. The molecule has 0 N–H and O–H groups in total. The van der Waals surface area contributed by atoms with Gasteiger partial charge in [-0.15, -0.1) is 0 Å². The van der Waals surface area contributed by atoms with Gasteiger partial charge in [0.25, 0.3) is 0 Å². The second kappa shape index (κ2) is 6.74. The minimum Gasteiger partial charge on any atom is -0.469 e. The number of halogens is 2. The van der Waals surface area contributed by atoms with Gasteiger partial charge in [0.2, 0.25) is 10.0 Å². The van der Waals surface area contributed by atoms with Crippen molar-refractivity contribution in [2.45, 2.75) is 23.9 Å². The molecule has 0 fully saturated rings. The Bertz CT molecular complexity index is 915. The first-order valence-electron chi connectivity index (χ1n) is 7.45. The number of rotatable bonds is 4. The highest BCUT2D eigenvalue weighted by Crippen LogP contribution is 2.42. The van der Waals surface area contributed by atoms with E-state index >= 15 is 0 Å². The van der Waals surface area contributed by atoms with E-state index in [9.17, 15) is 17.6 Å². The Hall–Kier alpha value is -1.96. The minimum absolute atomic E-state index is 0.0109. The Balaban J connectivity index is 2.04. The van der Waals surface area contributed by atoms with Crippen molar-refractivity contribution in [2.75, 3.05) is 7.11 Å². The van der Waals surface area contributed by atoms with Gasteiger partial charge in [0.05, 0.1) is 24.5 Å². The number of hydrogen-bond donors (Lipinski definition) is 0. The lowest BCUT2D eigenvalue weighted by Gasteiger charge is -2.22. The highest BCUT2D eigenvalue weighted by atomic mass is 35.5. The predicted octanol–water partition coefficient (Wildman–Crippen LogP) is 3.29. The van der Waals surface area contributed by atoms with Crippen LogP contribution in [0.4, 0.5) is 4.39 Å². The van der Waals surface area contributed by atoms with Gasteiger partial charge in [-0.05, 0) is 41.5 Å². The Morgan fingerprint density at radius 3 is 2.56 bits per heavy atom. The van der Waals surface area contributed by atoms with Crippen LogP contribution in [0.3, 0.4) is 0 Å². The van der Waals surface area contributed by atoms with E-state index in [1.807, 2.05) is 0 Å². The monoisotopic (exact) mass is 383 g/mol. The smallest absolute Gasteiger partial charge is 0.307 e. The van der Waals surface area contributed by atoms with E-state index in [4.69, 9.17) is 11.6 Å². The average molecular weight is 384 g/mol. The molecular formula is C17H15ClFNO4S. The number of carbonyl (C=O) groups excluding carboxylic acids is 1. The molecular weight excluding hydrogens is 369 g/mol. The summed E-state index contributed by atoms with van der Waals surface area (Å²) in [4.78, 5) is 11.8. The Labute approximate surface area is 150 Å². The summed E-state index contributed by atoms with van der Waals surface area (Å²) in [5.41, 5.74) is 0.968. The van der Waals surface area contributed by atoms with Crippen molar-refractivity contribution in [1.82, 2.24) is 4.31 Å². The van der Waals surface area contributed by atoms with Crippen LogP contribution in [0.15, 0.2) is 47.4 Å². The summed E-state index contributed by atoms with van der Waals surface area (Å²) >= 11 is 5.86. The molecule has 0 amide bonds. The lowest BCUT2D eigenvalue weighted by atomic mass is 10.0. The van der Waals surface area contributed by atoms with E-state index in [-0.39, 0.29) is 23.4 Å². The second-order valence-electron chi connectivity index (χ2n) is 5.65. The number of hydrogen-bond acceptors (Lipinski definition) is 4. The molecule has 132 valence electrons. The molecule has 1 aliphatic rings. The molecule has 0 unspecified atom stereocenters. The lowest BCUT2D eigenvalue weighted by molar-refractivity contribution is -0.141. The maximum atomic E-state index is 13.7. The van der Waals surface area contributed by atoms with Gasteiger partial charge in [0.1, 0.15) is 5.82 Å². The molecule has 0 radical (unpaired) electrons. The van der Waals surface area contributed by atoms with Gasteiger partial charge in [-0.25, -0.2) is 12.8 Å². The number of methoxy groups -OCH3 is 1. The molecule has 1 heterocycles. The van der Waals surface area contributed by atoms with Gasteiger partial charge < -0.3 is 4.74 Å². The fourth-order valence-corrected chi connectivity index (χ4v) is 4.84. The normalized spacial score (nSPS) is 18.8.